The summed E-state index contributed by atoms with van der Waals surface area (Å²) in [6.45, 7) is 1.05. The van der Waals surface area contributed by atoms with Crippen molar-refractivity contribution in [3.05, 3.63) is 101 Å². The lowest BCUT2D eigenvalue weighted by atomic mass is 10.1. The minimum absolute atomic E-state index is 0.269. The number of hydrogen-bond acceptors (Lipinski definition) is 1. The third kappa shape index (κ3) is 4.74. The van der Waals surface area contributed by atoms with Gasteiger partial charge in [0, 0.05) is 35.4 Å². The topological polar surface area (TPSA) is 29.9 Å². The van der Waals surface area contributed by atoms with Crippen LogP contribution in [0.2, 0.25) is 0 Å². The summed E-state index contributed by atoms with van der Waals surface area (Å²) in [7, 11) is 0. The first-order chi connectivity index (χ1) is 13.2. The Morgan fingerprint density at radius 2 is 1.15 bits per heavy atom. The van der Waals surface area contributed by atoms with E-state index in [-0.39, 0.29) is 11.6 Å². The van der Waals surface area contributed by atoms with Gasteiger partial charge in [0.2, 0.25) is 11.4 Å². The Labute approximate surface area is 157 Å². The molecule has 27 heavy (non-hydrogen) atoms. The van der Waals surface area contributed by atoms with Crippen LogP contribution in [-0.2, 0) is 6.54 Å². The van der Waals surface area contributed by atoms with E-state index in [0.717, 1.165) is 11.4 Å². The first-order valence-electron chi connectivity index (χ1n) is 8.77. The molecule has 0 aliphatic rings. The van der Waals surface area contributed by atoms with Gasteiger partial charge >= 0.3 is 0 Å². The van der Waals surface area contributed by atoms with Gasteiger partial charge < -0.3 is 5.73 Å². The normalized spacial score (nSPS) is 11.5. The highest BCUT2D eigenvalue weighted by Gasteiger charge is 2.12. The lowest BCUT2D eigenvalue weighted by Gasteiger charge is -2.04. The molecular formula is C23H21F2N2+. The first kappa shape index (κ1) is 18.7. The second kappa shape index (κ2) is 9.01. The lowest BCUT2D eigenvalue weighted by Crippen LogP contribution is -2.43. The quantitative estimate of drug-likeness (QED) is 0.640. The molecule has 0 aliphatic carbocycles. The van der Waals surface area contributed by atoms with Crippen molar-refractivity contribution in [3.8, 4) is 0 Å². The van der Waals surface area contributed by atoms with Crippen LogP contribution in [0.1, 0.15) is 22.5 Å². The minimum Gasteiger partial charge on any atom is -0.325 e. The Morgan fingerprint density at radius 1 is 0.667 bits per heavy atom. The van der Waals surface area contributed by atoms with E-state index in [2.05, 4.69) is 0 Å². The van der Waals surface area contributed by atoms with Gasteiger partial charge in [0.1, 0.15) is 11.6 Å². The third-order valence-corrected chi connectivity index (χ3v) is 4.19. The van der Waals surface area contributed by atoms with Crippen molar-refractivity contribution in [2.24, 2.45) is 5.73 Å². The largest absolute Gasteiger partial charge is 0.325 e. The number of hydrogen-bond donors (Lipinski definition) is 1. The van der Waals surface area contributed by atoms with Crippen molar-refractivity contribution < 1.29 is 13.3 Å². The number of nitrogens with two attached hydrogens (primary N) is 1. The summed E-state index contributed by atoms with van der Waals surface area (Å²) in [6, 6.07) is 19.0. The molecule has 2 N–H and O–H groups in total. The maximum atomic E-state index is 13.8. The van der Waals surface area contributed by atoms with Gasteiger partial charge in [0.15, 0.2) is 6.54 Å². The predicted octanol–water partition coefficient (Wildman–Crippen LogP) is 4.55. The molecule has 0 spiro atoms. The molecule has 1 aromatic heterocycles. The molecule has 0 radical (unpaired) electrons. The van der Waals surface area contributed by atoms with Crippen LogP contribution in [0.3, 0.4) is 0 Å². The number of rotatable bonds is 6. The summed E-state index contributed by atoms with van der Waals surface area (Å²) in [4.78, 5) is 0. The summed E-state index contributed by atoms with van der Waals surface area (Å²) in [6.07, 6.45) is 7.19. The predicted molar refractivity (Wildman–Crippen MR) is 106 cm³/mol. The number of aromatic nitrogens is 1. The zero-order valence-corrected chi connectivity index (χ0v) is 14.9. The summed E-state index contributed by atoms with van der Waals surface area (Å²) in [5.74, 6) is -0.538. The molecular weight excluding hydrogens is 342 g/mol. The van der Waals surface area contributed by atoms with Crippen LogP contribution in [0.5, 0.6) is 0 Å². The summed E-state index contributed by atoms with van der Waals surface area (Å²) >= 11 is 0. The Morgan fingerprint density at radius 3 is 1.59 bits per heavy atom. The van der Waals surface area contributed by atoms with Gasteiger partial charge in [-0.25, -0.2) is 8.78 Å². The molecule has 3 aromatic rings. The van der Waals surface area contributed by atoms with Crippen molar-refractivity contribution in [2.45, 2.75) is 6.54 Å². The van der Waals surface area contributed by atoms with Crippen LogP contribution in [0.25, 0.3) is 24.3 Å². The SMILES string of the molecule is NCC[n+]1c(/C=C/c2ccccc2F)cccc1/C=C/c1ccccc1F. The van der Waals surface area contributed by atoms with Crippen LogP contribution >= 0.6 is 0 Å². The van der Waals surface area contributed by atoms with Crippen LogP contribution in [0.4, 0.5) is 8.78 Å². The van der Waals surface area contributed by atoms with E-state index in [0.29, 0.717) is 24.2 Å². The Kier molecular flexibility index (Phi) is 6.23. The second-order valence-corrected chi connectivity index (χ2v) is 6.03. The molecule has 0 saturated heterocycles. The van der Waals surface area contributed by atoms with E-state index < -0.39 is 0 Å². The van der Waals surface area contributed by atoms with Crippen LogP contribution < -0.4 is 10.3 Å². The van der Waals surface area contributed by atoms with Gasteiger partial charge in [0.05, 0.1) is 6.54 Å². The Bertz CT molecular complexity index is 904. The molecule has 2 aromatic carbocycles. The highest BCUT2D eigenvalue weighted by atomic mass is 19.1. The summed E-state index contributed by atoms with van der Waals surface area (Å²) in [5.41, 5.74) is 8.58. The monoisotopic (exact) mass is 363 g/mol. The molecule has 2 nitrogen and oxygen atoms in total. The number of nitrogens with zero attached hydrogens (tertiary/aromatic N) is 1. The molecule has 4 heteroatoms. The summed E-state index contributed by atoms with van der Waals surface area (Å²) < 4.78 is 29.7. The molecule has 0 saturated carbocycles. The van der Waals surface area contributed by atoms with E-state index in [1.807, 2.05) is 34.9 Å². The molecule has 136 valence electrons. The average Bonchev–Trinajstić information content (AvgIpc) is 2.68. The molecule has 0 unspecified atom stereocenters. The van der Waals surface area contributed by atoms with Crippen molar-refractivity contribution in [3.63, 3.8) is 0 Å². The van der Waals surface area contributed by atoms with E-state index in [4.69, 9.17) is 5.73 Å². The van der Waals surface area contributed by atoms with Crippen LogP contribution in [0.15, 0.2) is 66.7 Å². The fraction of sp³-hybridized carbons (Fsp3) is 0.0870. The average molecular weight is 363 g/mol. The van der Waals surface area contributed by atoms with Crippen molar-refractivity contribution >= 4 is 24.3 Å². The molecule has 0 fully saturated rings. The van der Waals surface area contributed by atoms with Crippen LogP contribution in [-0.4, -0.2) is 6.54 Å². The highest BCUT2D eigenvalue weighted by Crippen LogP contribution is 2.13. The second-order valence-electron chi connectivity index (χ2n) is 6.03. The molecule has 0 aliphatic heterocycles. The first-order valence-corrected chi connectivity index (χ1v) is 8.77. The van der Waals surface area contributed by atoms with E-state index >= 15 is 0 Å². The lowest BCUT2D eigenvalue weighted by molar-refractivity contribution is -0.697. The molecule has 0 atom stereocenters. The van der Waals surface area contributed by atoms with E-state index in [9.17, 15) is 8.78 Å². The third-order valence-electron chi connectivity index (χ3n) is 4.19. The van der Waals surface area contributed by atoms with Crippen molar-refractivity contribution in [2.75, 3.05) is 6.54 Å². The van der Waals surface area contributed by atoms with Gasteiger partial charge in [0.25, 0.3) is 0 Å². The Hall–Kier alpha value is -3.11. The molecule has 0 bridgehead atoms. The smallest absolute Gasteiger partial charge is 0.205 e. The van der Waals surface area contributed by atoms with Crippen molar-refractivity contribution in [1.29, 1.82) is 0 Å². The Balaban J connectivity index is 1.95. The van der Waals surface area contributed by atoms with Gasteiger partial charge in [-0.3, -0.25) is 0 Å². The van der Waals surface area contributed by atoms with E-state index in [1.54, 1.807) is 48.6 Å². The highest BCUT2D eigenvalue weighted by molar-refractivity contribution is 5.69. The maximum absolute atomic E-state index is 13.8. The number of halogens is 2. The van der Waals surface area contributed by atoms with Crippen molar-refractivity contribution in [1.82, 2.24) is 0 Å². The maximum Gasteiger partial charge on any atom is 0.205 e. The molecule has 3 rings (SSSR count). The number of pyridine rings is 1. The van der Waals surface area contributed by atoms with E-state index in [1.165, 1.54) is 12.1 Å². The zero-order chi connectivity index (χ0) is 19.1. The van der Waals surface area contributed by atoms with Gasteiger partial charge in [-0.05, 0) is 30.4 Å². The standard InChI is InChI=1S/C23H21F2N2/c24-22-10-3-1-6-18(22)12-14-20-8-5-9-21(27(20)17-16-26)15-13-19-7-2-4-11-23(19)25/h1-15H,16-17,26H2/q+1/b14-12+,15-13+. The fourth-order valence-corrected chi connectivity index (χ4v) is 2.82. The van der Waals surface area contributed by atoms with Crippen LogP contribution in [0, 0.1) is 11.6 Å². The van der Waals surface area contributed by atoms with Gasteiger partial charge in [-0.2, -0.15) is 4.57 Å². The minimum atomic E-state index is -0.269. The molecule has 1 heterocycles. The molecule has 0 amide bonds. The van der Waals surface area contributed by atoms with Gasteiger partial charge in [-0.1, -0.05) is 36.4 Å². The zero-order valence-electron chi connectivity index (χ0n) is 14.9. The van der Waals surface area contributed by atoms with Gasteiger partial charge in [-0.15, -0.1) is 0 Å². The number of benzene rings is 2. The summed E-state index contributed by atoms with van der Waals surface area (Å²) in [5, 5.41) is 0. The fourth-order valence-electron chi connectivity index (χ4n) is 2.82.